The minimum absolute atomic E-state index is 0.0305. The number of thioether (sulfide) groups is 1. The lowest BCUT2D eigenvalue weighted by Crippen LogP contribution is -2.41. The number of sulfonamides is 1. The number of halogens is 2. The summed E-state index contributed by atoms with van der Waals surface area (Å²) in [4.78, 5) is 18.0. The van der Waals surface area contributed by atoms with Gasteiger partial charge in [-0.1, -0.05) is 18.2 Å². The Morgan fingerprint density at radius 1 is 1.23 bits per heavy atom. The molecule has 3 aromatic rings. The zero-order valence-electron chi connectivity index (χ0n) is 21.7. The third-order valence-electron chi connectivity index (χ3n) is 6.60. The van der Waals surface area contributed by atoms with E-state index in [0.717, 1.165) is 16.9 Å². The largest absolute Gasteiger partial charge is 0.488 e. The van der Waals surface area contributed by atoms with E-state index in [2.05, 4.69) is 4.98 Å². The summed E-state index contributed by atoms with van der Waals surface area (Å²) in [5.41, 5.74) is 1.49. The molecule has 1 atom stereocenters. The molecule has 0 saturated heterocycles. The first kappa shape index (κ1) is 28.8. The lowest BCUT2D eigenvalue weighted by Gasteiger charge is -2.30. The van der Waals surface area contributed by atoms with Crippen LogP contribution in [0.5, 0.6) is 5.75 Å². The maximum Gasteiger partial charge on any atom is 0.336 e. The maximum atomic E-state index is 13.9. The number of anilines is 2. The molecular weight excluding hydrogens is 548 g/mol. The van der Waals surface area contributed by atoms with Crippen molar-refractivity contribution in [1.29, 1.82) is 0 Å². The highest BCUT2D eigenvalue weighted by Crippen LogP contribution is 2.44. The van der Waals surface area contributed by atoms with Crippen molar-refractivity contribution in [3.05, 3.63) is 72.1 Å². The molecule has 4 rings (SSSR count). The van der Waals surface area contributed by atoms with Crippen LogP contribution < -0.4 is 9.64 Å². The number of carbonyl (C=O) groups is 1. The van der Waals surface area contributed by atoms with Gasteiger partial charge in [0.1, 0.15) is 17.3 Å². The van der Waals surface area contributed by atoms with Crippen molar-refractivity contribution in [3.63, 3.8) is 0 Å². The van der Waals surface area contributed by atoms with E-state index in [9.17, 15) is 27.1 Å². The average Bonchev–Trinajstić information content (AvgIpc) is 2.98. The molecule has 0 bridgehead atoms. The van der Waals surface area contributed by atoms with Crippen LogP contribution in [0.3, 0.4) is 0 Å². The van der Waals surface area contributed by atoms with E-state index >= 15 is 0 Å². The van der Waals surface area contributed by atoms with Crippen molar-refractivity contribution >= 4 is 39.1 Å². The van der Waals surface area contributed by atoms with Crippen molar-refractivity contribution in [3.8, 4) is 5.75 Å². The second kappa shape index (κ2) is 11.5. The molecule has 0 radical (unpaired) electrons. The van der Waals surface area contributed by atoms with Gasteiger partial charge in [-0.3, -0.25) is 4.98 Å². The highest BCUT2D eigenvalue weighted by molar-refractivity contribution is 7.98. The van der Waals surface area contributed by atoms with Gasteiger partial charge in [0.15, 0.2) is 0 Å². The van der Waals surface area contributed by atoms with Crippen molar-refractivity contribution in [1.82, 2.24) is 9.29 Å². The predicted molar refractivity (Wildman–Crippen MR) is 146 cm³/mol. The van der Waals surface area contributed by atoms with Crippen LogP contribution in [-0.4, -0.2) is 60.6 Å². The molecule has 39 heavy (non-hydrogen) atoms. The topological polar surface area (TPSA) is 100 Å². The zero-order valence-corrected chi connectivity index (χ0v) is 23.3. The highest BCUT2D eigenvalue weighted by atomic mass is 32.2. The molecular formula is C27H29F2N3O5S2. The second-order valence-corrected chi connectivity index (χ2v) is 12.1. The molecule has 0 spiro atoms. The van der Waals surface area contributed by atoms with Gasteiger partial charge in [0.05, 0.1) is 16.1 Å². The Hall–Kier alpha value is -3.22. The van der Waals surface area contributed by atoms with Gasteiger partial charge in [0.25, 0.3) is 0 Å². The van der Waals surface area contributed by atoms with Crippen LogP contribution in [0.1, 0.15) is 35.7 Å². The Bertz CT molecular complexity index is 1450. The summed E-state index contributed by atoms with van der Waals surface area (Å²) in [5, 5.41) is 9.48. The van der Waals surface area contributed by atoms with Gasteiger partial charge >= 0.3 is 5.97 Å². The Morgan fingerprint density at radius 2 is 1.95 bits per heavy atom. The van der Waals surface area contributed by atoms with Crippen LogP contribution in [0.4, 0.5) is 20.2 Å². The van der Waals surface area contributed by atoms with Crippen molar-refractivity contribution in [2.24, 2.45) is 0 Å². The van der Waals surface area contributed by atoms with Crippen LogP contribution in [-0.2, 0) is 16.6 Å². The lowest BCUT2D eigenvalue weighted by molar-refractivity contribution is 0.00679. The van der Waals surface area contributed by atoms with E-state index in [1.165, 1.54) is 43.3 Å². The Balaban J connectivity index is 1.81. The van der Waals surface area contributed by atoms with E-state index < -0.39 is 34.4 Å². The van der Waals surface area contributed by atoms with Gasteiger partial charge in [-0.05, 0) is 43.9 Å². The minimum Gasteiger partial charge on any atom is -0.488 e. The van der Waals surface area contributed by atoms with Gasteiger partial charge in [-0.2, -0.15) is 4.31 Å². The van der Waals surface area contributed by atoms with Gasteiger partial charge < -0.3 is 14.7 Å². The fourth-order valence-corrected chi connectivity index (χ4v) is 6.56. The SMILES string of the molecule is CSc1cc2c(cc1OCc1cnccc1C(=O)O)S(=O)(=O)N(C)[C@H](CCC(C)(F)F)CN2c1ccccc1. The van der Waals surface area contributed by atoms with Gasteiger partial charge in [0, 0.05) is 55.8 Å². The number of likely N-dealkylation sites (N-methyl/N-ethyl adjacent to an activating group) is 1. The number of hydrogen-bond donors (Lipinski definition) is 1. The minimum atomic E-state index is -4.12. The number of ether oxygens (including phenoxy) is 1. The lowest BCUT2D eigenvalue weighted by atomic mass is 10.1. The number of alkyl halides is 2. The third kappa shape index (κ3) is 6.34. The van der Waals surface area contributed by atoms with Crippen molar-refractivity contribution in [2.45, 2.75) is 48.1 Å². The van der Waals surface area contributed by atoms with E-state index in [1.54, 1.807) is 6.07 Å². The fraction of sp³-hybridized carbons (Fsp3) is 0.333. The van der Waals surface area contributed by atoms with Crippen LogP contribution in [0.2, 0.25) is 0 Å². The predicted octanol–water partition coefficient (Wildman–Crippen LogP) is 5.66. The Morgan fingerprint density at radius 3 is 2.59 bits per heavy atom. The number of aromatic nitrogens is 1. The summed E-state index contributed by atoms with van der Waals surface area (Å²) < 4.78 is 62.5. The Kier molecular flexibility index (Phi) is 8.48. The second-order valence-electron chi connectivity index (χ2n) is 9.33. The first-order chi connectivity index (χ1) is 18.4. The highest BCUT2D eigenvalue weighted by Gasteiger charge is 2.39. The molecule has 2 heterocycles. The molecule has 1 aromatic heterocycles. The normalized spacial score (nSPS) is 17.4. The summed E-state index contributed by atoms with van der Waals surface area (Å²) >= 11 is 1.34. The fourth-order valence-electron chi connectivity index (χ4n) is 4.45. The summed E-state index contributed by atoms with van der Waals surface area (Å²) in [7, 11) is -2.71. The van der Waals surface area contributed by atoms with Gasteiger partial charge in [-0.15, -0.1) is 11.8 Å². The molecule has 1 N–H and O–H groups in total. The summed E-state index contributed by atoms with van der Waals surface area (Å²) in [6, 6.07) is 13.0. The molecule has 12 heteroatoms. The molecule has 0 aliphatic carbocycles. The van der Waals surface area contributed by atoms with Gasteiger partial charge in [0.2, 0.25) is 15.9 Å². The zero-order chi connectivity index (χ0) is 28.4. The van der Waals surface area contributed by atoms with Crippen LogP contribution >= 0.6 is 11.8 Å². The monoisotopic (exact) mass is 577 g/mol. The first-order valence-electron chi connectivity index (χ1n) is 12.1. The number of para-hydroxylation sites is 1. The summed E-state index contributed by atoms with van der Waals surface area (Å²) in [6.07, 6.45) is 4.08. The molecule has 0 unspecified atom stereocenters. The quantitative estimate of drug-likeness (QED) is 0.326. The molecule has 8 nitrogen and oxygen atoms in total. The molecule has 208 valence electrons. The van der Waals surface area contributed by atoms with E-state index in [-0.39, 0.29) is 35.8 Å². The average molecular weight is 578 g/mol. The number of nitrogens with zero attached hydrogens (tertiary/aromatic N) is 3. The van der Waals surface area contributed by atoms with Crippen molar-refractivity contribution < 1.29 is 31.8 Å². The molecule has 1 aliphatic rings. The van der Waals surface area contributed by atoms with E-state index in [1.807, 2.05) is 41.5 Å². The smallest absolute Gasteiger partial charge is 0.336 e. The number of carboxylic acid groups (broad SMARTS) is 1. The standard InChI is InChI=1S/C27H29F2N3O5S2/c1-27(28,29)11-9-20-16-32(19-7-5-4-6-8-19)22-13-24(38-3)23(14-25(22)39(35,36)31(20)2)37-17-18-15-30-12-10-21(18)26(33)34/h4-8,10,12-15,20H,9,11,16-17H2,1-3H3,(H,33,34)/t20-/m1/s1. The van der Waals surface area contributed by atoms with Crippen LogP contribution in [0.15, 0.2) is 70.7 Å². The summed E-state index contributed by atoms with van der Waals surface area (Å²) in [5.74, 6) is -3.81. The first-order valence-corrected chi connectivity index (χ1v) is 14.8. The summed E-state index contributed by atoms with van der Waals surface area (Å²) in [6.45, 7) is 0.858. The van der Waals surface area contributed by atoms with Gasteiger partial charge in [-0.25, -0.2) is 22.0 Å². The number of pyridine rings is 1. The molecule has 1 aliphatic heterocycles. The molecule has 2 aromatic carbocycles. The Labute approximate surface area is 230 Å². The number of rotatable bonds is 9. The number of fused-ring (bicyclic) bond motifs is 1. The van der Waals surface area contributed by atoms with Crippen LogP contribution in [0, 0.1) is 0 Å². The van der Waals surface area contributed by atoms with E-state index in [0.29, 0.717) is 16.1 Å². The van der Waals surface area contributed by atoms with E-state index in [4.69, 9.17) is 4.74 Å². The van der Waals surface area contributed by atoms with Crippen LogP contribution in [0.25, 0.3) is 0 Å². The number of hydrogen-bond acceptors (Lipinski definition) is 7. The maximum absolute atomic E-state index is 13.9. The number of benzene rings is 2. The number of carboxylic acids is 1. The number of aromatic carboxylic acids is 1. The molecule has 0 amide bonds. The molecule has 0 saturated carbocycles. The van der Waals surface area contributed by atoms with Crippen molar-refractivity contribution in [2.75, 3.05) is 24.7 Å². The third-order valence-corrected chi connectivity index (χ3v) is 9.30. The molecule has 0 fully saturated rings.